The van der Waals surface area contributed by atoms with Gasteiger partial charge in [0, 0.05) is 21.9 Å². The van der Waals surface area contributed by atoms with E-state index in [-0.39, 0.29) is 12.5 Å². The molecule has 0 N–H and O–H groups in total. The highest BCUT2D eigenvalue weighted by molar-refractivity contribution is 9.10. The van der Waals surface area contributed by atoms with E-state index in [1.54, 1.807) is 11.1 Å². The molecule has 134 valence electrons. The van der Waals surface area contributed by atoms with Crippen LogP contribution in [0.5, 0.6) is 5.75 Å². The molecule has 27 heavy (non-hydrogen) atoms. The Hall–Kier alpha value is -2.92. The lowest BCUT2D eigenvalue weighted by Gasteiger charge is -2.26. The number of hydrogen-bond acceptors (Lipinski definition) is 3. The number of para-hydroxylation sites is 1. The van der Waals surface area contributed by atoms with E-state index in [9.17, 15) is 4.79 Å². The molecule has 0 unspecified atom stereocenters. The van der Waals surface area contributed by atoms with Crippen molar-refractivity contribution in [3.05, 3.63) is 94.2 Å². The zero-order chi connectivity index (χ0) is 18.6. The first-order valence-electron chi connectivity index (χ1n) is 8.60. The average molecular weight is 421 g/mol. The fourth-order valence-electron chi connectivity index (χ4n) is 2.97. The van der Waals surface area contributed by atoms with Crippen LogP contribution in [0.1, 0.15) is 11.3 Å². The summed E-state index contributed by atoms with van der Waals surface area (Å²) in [6, 6.07) is 21.1. The number of carbonyl (C=O) groups excluding carboxylic acids is 1. The van der Waals surface area contributed by atoms with Crippen molar-refractivity contribution in [2.24, 2.45) is 0 Å². The van der Waals surface area contributed by atoms with Gasteiger partial charge in [0.05, 0.1) is 17.8 Å². The lowest BCUT2D eigenvalue weighted by Crippen LogP contribution is -2.34. The van der Waals surface area contributed by atoms with E-state index in [1.807, 2.05) is 72.8 Å². The monoisotopic (exact) mass is 420 g/mol. The molecule has 0 fully saturated rings. The van der Waals surface area contributed by atoms with Gasteiger partial charge in [-0.25, -0.2) is 0 Å². The third-order valence-corrected chi connectivity index (χ3v) is 4.86. The normalized spacial score (nSPS) is 12.6. The molecular formula is C22H17BrN2O2. The van der Waals surface area contributed by atoms with Gasteiger partial charge in [-0.3, -0.25) is 9.78 Å². The highest BCUT2D eigenvalue weighted by atomic mass is 79.9. The van der Waals surface area contributed by atoms with Crippen LogP contribution in [0.3, 0.4) is 0 Å². The highest BCUT2D eigenvalue weighted by Gasteiger charge is 2.24. The number of carbonyl (C=O) groups is 1. The van der Waals surface area contributed by atoms with Crippen LogP contribution in [0.15, 0.2) is 83.0 Å². The van der Waals surface area contributed by atoms with E-state index in [4.69, 9.17) is 4.74 Å². The number of benzene rings is 2. The fraction of sp³-hybridized carbons (Fsp3) is 0.0909. The standard InChI is InChI=1S/C22H17BrN2O2/c23-18-8-10-20(11-9-18)25(14-19-6-3-4-12-24-19)22(26)17-13-16-5-1-2-7-21(16)27-15-17/h1-13H,14-15H2. The van der Waals surface area contributed by atoms with Gasteiger partial charge < -0.3 is 9.64 Å². The SMILES string of the molecule is O=C(C1=Cc2ccccc2OC1)N(Cc1ccccn1)c1ccc(Br)cc1. The van der Waals surface area contributed by atoms with Gasteiger partial charge >= 0.3 is 0 Å². The third kappa shape index (κ3) is 3.93. The van der Waals surface area contributed by atoms with Gasteiger partial charge in [0.25, 0.3) is 5.91 Å². The summed E-state index contributed by atoms with van der Waals surface area (Å²) in [7, 11) is 0. The first-order chi connectivity index (χ1) is 13.2. The summed E-state index contributed by atoms with van der Waals surface area (Å²) >= 11 is 3.45. The topological polar surface area (TPSA) is 42.4 Å². The number of hydrogen-bond donors (Lipinski definition) is 0. The first kappa shape index (κ1) is 17.5. The van der Waals surface area contributed by atoms with Crippen molar-refractivity contribution in [3.63, 3.8) is 0 Å². The van der Waals surface area contributed by atoms with E-state index in [0.717, 1.165) is 27.2 Å². The zero-order valence-corrected chi connectivity index (χ0v) is 16.1. The molecule has 0 radical (unpaired) electrons. The predicted molar refractivity (Wildman–Crippen MR) is 109 cm³/mol. The number of halogens is 1. The van der Waals surface area contributed by atoms with Crippen molar-refractivity contribution < 1.29 is 9.53 Å². The largest absolute Gasteiger partial charge is 0.488 e. The quantitative estimate of drug-likeness (QED) is 0.605. The number of aromatic nitrogens is 1. The van der Waals surface area contributed by atoms with Crippen LogP contribution < -0.4 is 9.64 Å². The minimum Gasteiger partial charge on any atom is -0.488 e. The molecule has 3 aromatic rings. The molecule has 0 saturated carbocycles. The summed E-state index contributed by atoms with van der Waals surface area (Å²) in [5, 5.41) is 0. The van der Waals surface area contributed by atoms with E-state index in [2.05, 4.69) is 20.9 Å². The molecule has 0 atom stereocenters. The first-order valence-corrected chi connectivity index (χ1v) is 9.40. The summed E-state index contributed by atoms with van der Waals surface area (Å²) in [6.07, 6.45) is 3.64. The Labute approximate surface area is 166 Å². The van der Waals surface area contributed by atoms with Gasteiger partial charge in [-0.15, -0.1) is 0 Å². The number of fused-ring (bicyclic) bond motifs is 1. The minimum absolute atomic E-state index is 0.0857. The molecule has 0 spiro atoms. The van der Waals surface area contributed by atoms with Crippen molar-refractivity contribution in [3.8, 4) is 5.75 Å². The summed E-state index contributed by atoms with van der Waals surface area (Å²) < 4.78 is 6.74. The molecule has 0 bridgehead atoms. The van der Waals surface area contributed by atoms with Crippen LogP contribution in [-0.2, 0) is 11.3 Å². The number of anilines is 1. The average Bonchev–Trinajstić information content (AvgIpc) is 2.73. The van der Waals surface area contributed by atoms with Gasteiger partial charge in [-0.2, -0.15) is 0 Å². The zero-order valence-electron chi connectivity index (χ0n) is 14.5. The maximum Gasteiger partial charge on any atom is 0.258 e. The Morgan fingerprint density at radius 1 is 1.04 bits per heavy atom. The molecule has 2 heterocycles. The molecule has 5 heteroatoms. The smallest absolute Gasteiger partial charge is 0.258 e. The van der Waals surface area contributed by atoms with Crippen molar-refractivity contribution >= 4 is 33.6 Å². The van der Waals surface area contributed by atoms with Gasteiger partial charge in [0.1, 0.15) is 12.4 Å². The Morgan fingerprint density at radius 3 is 2.59 bits per heavy atom. The molecule has 2 aromatic carbocycles. The van der Waals surface area contributed by atoms with E-state index >= 15 is 0 Å². The predicted octanol–water partition coefficient (Wildman–Crippen LogP) is 4.85. The second kappa shape index (κ2) is 7.76. The summed E-state index contributed by atoms with van der Waals surface area (Å²) in [5.41, 5.74) is 3.17. The second-order valence-electron chi connectivity index (χ2n) is 6.18. The second-order valence-corrected chi connectivity index (χ2v) is 7.10. The van der Waals surface area contributed by atoms with Crippen LogP contribution in [0.25, 0.3) is 6.08 Å². The number of ether oxygens (including phenoxy) is 1. The molecule has 4 nitrogen and oxygen atoms in total. The number of rotatable bonds is 4. The van der Waals surface area contributed by atoms with E-state index in [0.29, 0.717) is 12.1 Å². The summed E-state index contributed by atoms with van der Waals surface area (Å²) in [6.45, 7) is 0.644. The number of nitrogens with zero attached hydrogens (tertiary/aromatic N) is 2. The van der Waals surface area contributed by atoms with Gasteiger partial charge in [-0.1, -0.05) is 40.2 Å². The Kier molecular flexibility index (Phi) is 5.03. The van der Waals surface area contributed by atoms with Gasteiger partial charge in [0.15, 0.2) is 0 Å². The maximum atomic E-state index is 13.3. The number of amides is 1. The molecule has 4 rings (SSSR count). The Bertz CT molecular complexity index is 985. The molecule has 0 saturated heterocycles. The lowest BCUT2D eigenvalue weighted by atomic mass is 10.1. The molecule has 1 aromatic heterocycles. The van der Waals surface area contributed by atoms with Crippen LogP contribution in [-0.4, -0.2) is 17.5 Å². The molecule has 1 aliphatic rings. The third-order valence-electron chi connectivity index (χ3n) is 4.34. The summed E-state index contributed by atoms with van der Waals surface area (Å²) in [5.74, 6) is 0.714. The highest BCUT2D eigenvalue weighted by Crippen LogP contribution is 2.28. The van der Waals surface area contributed by atoms with Gasteiger partial charge in [0.2, 0.25) is 0 Å². The molecule has 0 aliphatic carbocycles. The van der Waals surface area contributed by atoms with Crippen LogP contribution in [0, 0.1) is 0 Å². The Morgan fingerprint density at radius 2 is 1.81 bits per heavy atom. The fourth-order valence-corrected chi connectivity index (χ4v) is 3.23. The summed E-state index contributed by atoms with van der Waals surface area (Å²) in [4.78, 5) is 19.4. The molecule has 1 amide bonds. The number of pyridine rings is 1. The van der Waals surface area contributed by atoms with Crippen LogP contribution >= 0.6 is 15.9 Å². The van der Waals surface area contributed by atoms with Gasteiger partial charge in [-0.05, 0) is 48.5 Å². The van der Waals surface area contributed by atoms with Crippen molar-refractivity contribution in [1.29, 1.82) is 0 Å². The van der Waals surface area contributed by atoms with Crippen LogP contribution in [0.2, 0.25) is 0 Å². The minimum atomic E-state index is -0.0857. The lowest BCUT2D eigenvalue weighted by molar-refractivity contribution is -0.115. The Balaban J connectivity index is 1.69. The molecule has 1 aliphatic heterocycles. The van der Waals surface area contributed by atoms with Crippen molar-refractivity contribution in [2.45, 2.75) is 6.54 Å². The maximum absolute atomic E-state index is 13.3. The van der Waals surface area contributed by atoms with Crippen molar-refractivity contribution in [2.75, 3.05) is 11.5 Å². The van der Waals surface area contributed by atoms with E-state index < -0.39 is 0 Å². The van der Waals surface area contributed by atoms with Crippen molar-refractivity contribution in [1.82, 2.24) is 4.98 Å². The molecular weight excluding hydrogens is 404 g/mol. The van der Waals surface area contributed by atoms with E-state index in [1.165, 1.54) is 0 Å². The van der Waals surface area contributed by atoms with Crippen LogP contribution in [0.4, 0.5) is 5.69 Å².